The molecule has 1 atom stereocenters. The zero-order valence-electron chi connectivity index (χ0n) is 17.4. The van der Waals surface area contributed by atoms with Crippen molar-refractivity contribution in [1.82, 2.24) is 0 Å². The summed E-state index contributed by atoms with van der Waals surface area (Å²) >= 11 is 0. The number of benzene rings is 2. The summed E-state index contributed by atoms with van der Waals surface area (Å²) in [6.07, 6.45) is -0.249. The summed E-state index contributed by atoms with van der Waals surface area (Å²) < 4.78 is 80.0. The van der Waals surface area contributed by atoms with Gasteiger partial charge in [-0.1, -0.05) is 30.7 Å². The molecule has 6 heteroatoms. The average Bonchev–Trinajstić information content (AvgIpc) is 2.76. The second-order valence-electron chi connectivity index (χ2n) is 8.42. The Morgan fingerprint density at radius 2 is 1.35 bits per heavy atom. The smallest absolute Gasteiger partial charge is 0.251 e. The van der Waals surface area contributed by atoms with Gasteiger partial charge in [0.2, 0.25) is 0 Å². The number of aryl methyl sites for hydroxylation is 1. The van der Waals surface area contributed by atoms with Crippen LogP contribution in [0.5, 0.6) is 0 Å². The fourth-order valence-electron chi connectivity index (χ4n) is 4.58. The van der Waals surface area contributed by atoms with Gasteiger partial charge in [-0.15, -0.1) is 0 Å². The molecule has 0 bridgehead atoms. The summed E-state index contributed by atoms with van der Waals surface area (Å²) in [5.41, 5.74) is 1.63. The van der Waals surface area contributed by atoms with Gasteiger partial charge in [0.15, 0.2) is 6.17 Å². The van der Waals surface area contributed by atoms with Crippen molar-refractivity contribution in [2.75, 3.05) is 6.67 Å². The Bertz CT molecular complexity index is 801. The first kappa shape index (κ1) is 23.7. The third-order valence-corrected chi connectivity index (χ3v) is 6.32. The molecule has 0 N–H and O–H groups in total. The van der Waals surface area contributed by atoms with E-state index in [9.17, 15) is 26.3 Å². The molecule has 2 aromatic rings. The third-order valence-electron chi connectivity index (χ3n) is 6.32. The van der Waals surface area contributed by atoms with Crippen molar-refractivity contribution in [2.45, 2.75) is 75.8 Å². The lowest BCUT2D eigenvalue weighted by Crippen LogP contribution is -2.15. The molecule has 3 rings (SSSR count). The Morgan fingerprint density at radius 1 is 0.774 bits per heavy atom. The van der Waals surface area contributed by atoms with E-state index in [1.54, 1.807) is 12.1 Å². The molecule has 0 heterocycles. The minimum absolute atomic E-state index is 0.0404. The van der Waals surface area contributed by atoms with Gasteiger partial charge in [0.1, 0.15) is 11.6 Å². The van der Waals surface area contributed by atoms with Crippen LogP contribution in [0.2, 0.25) is 0 Å². The summed E-state index contributed by atoms with van der Waals surface area (Å²) in [4.78, 5) is 0. The van der Waals surface area contributed by atoms with Crippen molar-refractivity contribution in [2.24, 2.45) is 0 Å². The fourth-order valence-corrected chi connectivity index (χ4v) is 4.58. The molecule has 2 aromatic carbocycles. The van der Waals surface area contributed by atoms with Crippen LogP contribution in [0.3, 0.4) is 0 Å². The van der Waals surface area contributed by atoms with Gasteiger partial charge in [-0.2, -0.15) is 0 Å². The molecule has 0 radical (unpaired) electrons. The lowest BCUT2D eigenvalue weighted by molar-refractivity contribution is 0.0495. The van der Waals surface area contributed by atoms with Crippen molar-refractivity contribution in [3.05, 3.63) is 70.3 Å². The van der Waals surface area contributed by atoms with E-state index in [0.29, 0.717) is 44.1 Å². The van der Waals surface area contributed by atoms with E-state index in [1.165, 1.54) is 24.3 Å². The minimum atomic E-state index is -3.05. The number of alkyl halides is 4. The van der Waals surface area contributed by atoms with Crippen molar-refractivity contribution in [1.29, 1.82) is 0 Å². The molecule has 0 nitrogen and oxygen atoms in total. The maximum absolute atomic E-state index is 14.7. The van der Waals surface area contributed by atoms with Crippen LogP contribution in [-0.2, 0) is 6.42 Å². The van der Waals surface area contributed by atoms with E-state index in [1.807, 2.05) is 0 Å². The number of hydrogen-bond donors (Lipinski definition) is 0. The normalized spacial score (nSPS) is 20.2. The van der Waals surface area contributed by atoms with E-state index >= 15 is 0 Å². The molecule has 0 aromatic heterocycles. The predicted octanol–water partition coefficient (Wildman–Crippen LogP) is 8.36. The molecule has 31 heavy (non-hydrogen) atoms. The molecule has 0 spiro atoms. The summed E-state index contributed by atoms with van der Waals surface area (Å²) in [6.45, 7) is -0.374. The van der Waals surface area contributed by atoms with Crippen LogP contribution >= 0.6 is 0 Å². The number of rotatable bonds is 9. The zero-order valence-corrected chi connectivity index (χ0v) is 17.4. The first-order chi connectivity index (χ1) is 14.9. The standard InChI is InChI=1S/C25H28F6/c26-13-3-1-2-4-16-14-21(27)23(22(28)15-16)19-9-5-17(6-10-19)18-7-11-20(12-8-18)24(29)25(30)31/h7-8,11-12,14-15,17,19,24-25H,1-6,9-10,13H2. The van der Waals surface area contributed by atoms with Gasteiger partial charge in [0.05, 0.1) is 6.67 Å². The molecular formula is C25H28F6. The van der Waals surface area contributed by atoms with Crippen LogP contribution in [0, 0.1) is 11.6 Å². The topological polar surface area (TPSA) is 0 Å². The summed E-state index contributed by atoms with van der Waals surface area (Å²) in [5.74, 6) is -1.08. The highest BCUT2D eigenvalue weighted by Crippen LogP contribution is 2.42. The maximum Gasteiger partial charge on any atom is 0.273 e. The first-order valence-electron chi connectivity index (χ1n) is 11.0. The summed E-state index contributed by atoms with van der Waals surface area (Å²) in [7, 11) is 0. The molecule has 1 aliphatic carbocycles. The zero-order chi connectivity index (χ0) is 22.4. The lowest BCUT2D eigenvalue weighted by Gasteiger charge is -2.30. The van der Waals surface area contributed by atoms with Crippen molar-refractivity contribution < 1.29 is 26.3 Å². The molecule has 1 saturated carbocycles. The van der Waals surface area contributed by atoms with Crippen molar-refractivity contribution in [3.63, 3.8) is 0 Å². The Balaban J connectivity index is 1.60. The van der Waals surface area contributed by atoms with Crippen LogP contribution in [0.4, 0.5) is 26.3 Å². The Labute approximate surface area is 179 Å². The Morgan fingerprint density at radius 3 is 1.90 bits per heavy atom. The van der Waals surface area contributed by atoms with Crippen molar-refractivity contribution >= 4 is 0 Å². The van der Waals surface area contributed by atoms with E-state index in [0.717, 1.165) is 18.4 Å². The summed E-state index contributed by atoms with van der Waals surface area (Å²) in [5, 5.41) is 0. The molecule has 0 saturated heterocycles. The predicted molar refractivity (Wildman–Crippen MR) is 110 cm³/mol. The number of hydrogen-bond acceptors (Lipinski definition) is 0. The van der Waals surface area contributed by atoms with E-state index < -0.39 is 24.2 Å². The first-order valence-corrected chi connectivity index (χ1v) is 11.0. The highest BCUT2D eigenvalue weighted by atomic mass is 19.3. The maximum atomic E-state index is 14.7. The van der Waals surface area contributed by atoms with Gasteiger partial charge in [-0.3, -0.25) is 4.39 Å². The van der Waals surface area contributed by atoms with Gasteiger partial charge in [-0.25, -0.2) is 22.0 Å². The van der Waals surface area contributed by atoms with Crippen LogP contribution < -0.4 is 0 Å². The minimum Gasteiger partial charge on any atom is -0.251 e. The van der Waals surface area contributed by atoms with E-state index in [4.69, 9.17) is 0 Å². The molecule has 0 amide bonds. The molecule has 1 unspecified atom stereocenters. The van der Waals surface area contributed by atoms with E-state index in [-0.39, 0.29) is 29.6 Å². The van der Waals surface area contributed by atoms with Gasteiger partial charge in [-0.05, 0) is 85.6 Å². The van der Waals surface area contributed by atoms with Crippen molar-refractivity contribution in [3.8, 4) is 0 Å². The summed E-state index contributed by atoms with van der Waals surface area (Å²) in [6, 6.07) is 8.93. The SMILES string of the molecule is FCCCCCc1cc(F)c(C2CCC(c3ccc(C(F)C(F)F)cc3)CC2)c(F)c1. The van der Waals surface area contributed by atoms with Gasteiger partial charge >= 0.3 is 0 Å². The van der Waals surface area contributed by atoms with Crippen LogP contribution in [0.1, 0.15) is 85.2 Å². The monoisotopic (exact) mass is 442 g/mol. The van der Waals surface area contributed by atoms with Crippen LogP contribution in [0.15, 0.2) is 36.4 Å². The molecule has 1 aliphatic rings. The Kier molecular flexibility index (Phi) is 8.44. The van der Waals surface area contributed by atoms with Gasteiger partial charge in [0.25, 0.3) is 6.43 Å². The molecule has 1 fully saturated rings. The van der Waals surface area contributed by atoms with Gasteiger partial charge in [0, 0.05) is 5.56 Å². The van der Waals surface area contributed by atoms with E-state index in [2.05, 4.69) is 0 Å². The highest BCUT2D eigenvalue weighted by molar-refractivity contribution is 5.31. The largest absolute Gasteiger partial charge is 0.273 e. The molecular weight excluding hydrogens is 414 g/mol. The molecule has 170 valence electrons. The highest BCUT2D eigenvalue weighted by Gasteiger charge is 2.28. The second kappa shape index (κ2) is 11.1. The third kappa shape index (κ3) is 6.05. The van der Waals surface area contributed by atoms with Crippen LogP contribution in [0.25, 0.3) is 0 Å². The quantitative estimate of drug-likeness (QED) is 0.270. The molecule has 0 aliphatic heterocycles. The number of halogens is 6. The Hall–Kier alpha value is -1.98. The van der Waals surface area contributed by atoms with Gasteiger partial charge < -0.3 is 0 Å². The second-order valence-corrected chi connectivity index (χ2v) is 8.42. The average molecular weight is 442 g/mol. The van der Waals surface area contributed by atoms with Crippen LogP contribution in [-0.4, -0.2) is 13.1 Å². The lowest BCUT2D eigenvalue weighted by atomic mass is 9.75. The fraction of sp³-hybridized carbons (Fsp3) is 0.520. The number of unbranched alkanes of at least 4 members (excludes halogenated alkanes) is 2.